The van der Waals surface area contributed by atoms with E-state index in [1.54, 1.807) is 0 Å². The van der Waals surface area contributed by atoms with E-state index in [1.807, 2.05) is 0 Å². The predicted octanol–water partition coefficient (Wildman–Crippen LogP) is 8.33. The second-order valence-corrected chi connectivity index (χ2v) is 7.78. The first kappa shape index (κ1) is 17.0. The fourth-order valence-electron chi connectivity index (χ4n) is 4.33. The highest BCUT2D eigenvalue weighted by atomic mass is 14.1. The minimum Gasteiger partial charge on any atom is -0.0648 e. The van der Waals surface area contributed by atoms with Crippen molar-refractivity contribution in [3.05, 3.63) is 96.6 Å². The van der Waals surface area contributed by atoms with E-state index in [4.69, 9.17) is 0 Å². The minimum atomic E-state index is 0.612. The molecule has 0 bridgehead atoms. The first-order valence-corrected chi connectivity index (χ1v) is 10.2. The van der Waals surface area contributed by atoms with E-state index >= 15 is 0 Å². The summed E-state index contributed by atoms with van der Waals surface area (Å²) in [4.78, 5) is 0. The van der Waals surface area contributed by atoms with E-state index in [2.05, 4.69) is 105 Å². The Labute approximate surface area is 166 Å². The number of benzene rings is 5. The molecule has 0 nitrogen and oxygen atoms in total. The van der Waals surface area contributed by atoms with E-state index in [-0.39, 0.29) is 0 Å². The maximum atomic E-state index is 2.36. The largest absolute Gasteiger partial charge is 0.0648 e. The Morgan fingerprint density at radius 3 is 1.54 bits per heavy atom. The van der Waals surface area contributed by atoms with Crippen molar-refractivity contribution in [1.82, 2.24) is 0 Å². The highest BCUT2D eigenvalue weighted by Crippen LogP contribution is 2.37. The second kappa shape index (κ2) is 6.80. The molecule has 0 spiro atoms. The van der Waals surface area contributed by atoms with Gasteiger partial charge in [0, 0.05) is 0 Å². The third kappa shape index (κ3) is 2.68. The van der Waals surface area contributed by atoms with Crippen molar-refractivity contribution in [2.45, 2.75) is 26.2 Å². The lowest BCUT2D eigenvalue weighted by atomic mass is 9.91. The Morgan fingerprint density at radius 2 is 1.00 bits per heavy atom. The lowest BCUT2D eigenvalue weighted by Gasteiger charge is -2.13. The molecule has 0 heteroatoms. The first-order valence-electron chi connectivity index (χ1n) is 10.2. The fraction of sp³-hybridized carbons (Fsp3) is 0.143. The topological polar surface area (TPSA) is 0 Å². The Kier molecular flexibility index (Phi) is 4.13. The van der Waals surface area contributed by atoms with Crippen LogP contribution in [0.4, 0.5) is 0 Å². The molecule has 0 heterocycles. The summed E-state index contributed by atoms with van der Waals surface area (Å²) in [6, 6.07) is 33.5. The molecule has 5 aromatic rings. The molecule has 5 aromatic carbocycles. The van der Waals surface area contributed by atoms with E-state index < -0.39 is 0 Å². The predicted molar refractivity (Wildman–Crippen MR) is 123 cm³/mol. The maximum Gasteiger partial charge on any atom is -0.00928 e. The lowest BCUT2D eigenvalue weighted by Crippen LogP contribution is -1.90. The lowest BCUT2D eigenvalue weighted by molar-refractivity contribution is 0.734. The Morgan fingerprint density at radius 1 is 0.536 bits per heavy atom. The monoisotopic (exact) mass is 360 g/mol. The summed E-state index contributed by atoms with van der Waals surface area (Å²) in [7, 11) is 0. The molecule has 136 valence electrons. The molecule has 0 saturated carbocycles. The van der Waals surface area contributed by atoms with Gasteiger partial charge in [-0.1, -0.05) is 98.8 Å². The van der Waals surface area contributed by atoms with Crippen molar-refractivity contribution in [3.8, 4) is 11.1 Å². The molecule has 0 N–H and O–H groups in total. The second-order valence-electron chi connectivity index (χ2n) is 7.78. The normalized spacial score (nSPS) is 12.6. The van der Waals surface area contributed by atoms with Gasteiger partial charge >= 0.3 is 0 Å². The van der Waals surface area contributed by atoms with Gasteiger partial charge in [-0.05, 0) is 67.4 Å². The molecule has 0 saturated heterocycles. The van der Waals surface area contributed by atoms with E-state index in [0.29, 0.717) is 5.92 Å². The molecular formula is C28H24. The summed E-state index contributed by atoms with van der Waals surface area (Å²) in [5.41, 5.74) is 3.98. The number of hydrogen-bond acceptors (Lipinski definition) is 0. The van der Waals surface area contributed by atoms with Gasteiger partial charge in [0.1, 0.15) is 0 Å². The number of rotatable bonds is 3. The molecular weight excluding hydrogens is 336 g/mol. The molecule has 1 atom stereocenters. The quantitative estimate of drug-likeness (QED) is 0.284. The van der Waals surface area contributed by atoms with Gasteiger partial charge < -0.3 is 0 Å². The summed E-state index contributed by atoms with van der Waals surface area (Å²) in [6.45, 7) is 4.54. The SMILES string of the molecule is CCC(C)c1ccc(-c2ccc3c4ccccc4c4ccccc4c3c2)cc1. The Hall–Kier alpha value is -3.12. The standard InChI is InChI=1S/C28H24/c1-3-19(2)20-12-14-21(15-13-20)22-16-17-27-25-10-5-4-8-23(25)24-9-6-7-11-26(24)28(27)18-22/h4-19H,3H2,1-2H3. The highest BCUT2D eigenvalue weighted by molar-refractivity contribution is 6.25. The van der Waals surface area contributed by atoms with Gasteiger partial charge in [0.2, 0.25) is 0 Å². The summed E-state index contributed by atoms with van der Waals surface area (Å²) in [5, 5.41) is 7.97. The summed E-state index contributed by atoms with van der Waals surface area (Å²) in [6.07, 6.45) is 1.17. The summed E-state index contributed by atoms with van der Waals surface area (Å²) in [5.74, 6) is 0.612. The van der Waals surface area contributed by atoms with E-state index in [0.717, 1.165) is 0 Å². The zero-order valence-electron chi connectivity index (χ0n) is 16.4. The van der Waals surface area contributed by atoms with Crippen LogP contribution in [0.15, 0.2) is 91.0 Å². The number of fused-ring (bicyclic) bond motifs is 6. The van der Waals surface area contributed by atoms with Crippen LogP contribution in [-0.2, 0) is 0 Å². The molecule has 28 heavy (non-hydrogen) atoms. The molecule has 0 aromatic heterocycles. The average Bonchev–Trinajstić information content (AvgIpc) is 2.78. The van der Waals surface area contributed by atoms with Crippen LogP contribution in [0, 0.1) is 0 Å². The minimum absolute atomic E-state index is 0.612. The molecule has 0 amide bonds. The molecule has 0 fully saturated rings. The third-order valence-corrected chi connectivity index (χ3v) is 6.17. The summed E-state index contributed by atoms with van der Waals surface area (Å²) >= 11 is 0. The maximum absolute atomic E-state index is 2.36. The van der Waals surface area contributed by atoms with Crippen molar-refractivity contribution in [1.29, 1.82) is 0 Å². The van der Waals surface area contributed by atoms with Crippen LogP contribution in [0.3, 0.4) is 0 Å². The zero-order chi connectivity index (χ0) is 19.1. The van der Waals surface area contributed by atoms with Gasteiger partial charge in [0.15, 0.2) is 0 Å². The Bertz CT molecular complexity index is 1260. The molecule has 0 aliphatic heterocycles. The summed E-state index contributed by atoms with van der Waals surface area (Å²) < 4.78 is 0. The van der Waals surface area contributed by atoms with Gasteiger partial charge in [0.25, 0.3) is 0 Å². The molecule has 5 rings (SSSR count). The van der Waals surface area contributed by atoms with Gasteiger partial charge in [-0.25, -0.2) is 0 Å². The number of hydrogen-bond donors (Lipinski definition) is 0. The van der Waals surface area contributed by atoms with Crippen LogP contribution < -0.4 is 0 Å². The van der Waals surface area contributed by atoms with Crippen LogP contribution in [0.2, 0.25) is 0 Å². The van der Waals surface area contributed by atoms with Crippen molar-refractivity contribution in [3.63, 3.8) is 0 Å². The van der Waals surface area contributed by atoms with Crippen LogP contribution in [-0.4, -0.2) is 0 Å². The van der Waals surface area contributed by atoms with Crippen molar-refractivity contribution in [2.75, 3.05) is 0 Å². The molecule has 1 unspecified atom stereocenters. The molecule has 0 radical (unpaired) electrons. The zero-order valence-corrected chi connectivity index (χ0v) is 16.4. The van der Waals surface area contributed by atoms with Gasteiger partial charge in [0.05, 0.1) is 0 Å². The van der Waals surface area contributed by atoms with Crippen LogP contribution in [0.5, 0.6) is 0 Å². The molecule has 0 aliphatic rings. The highest BCUT2D eigenvalue weighted by Gasteiger charge is 2.10. The van der Waals surface area contributed by atoms with Crippen LogP contribution in [0.1, 0.15) is 31.7 Å². The third-order valence-electron chi connectivity index (χ3n) is 6.17. The van der Waals surface area contributed by atoms with Gasteiger partial charge in [-0.3, -0.25) is 0 Å². The smallest absolute Gasteiger partial charge is 0.00928 e. The van der Waals surface area contributed by atoms with Crippen LogP contribution >= 0.6 is 0 Å². The van der Waals surface area contributed by atoms with E-state index in [9.17, 15) is 0 Å². The van der Waals surface area contributed by atoms with Gasteiger partial charge in [-0.2, -0.15) is 0 Å². The fourth-order valence-corrected chi connectivity index (χ4v) is 4.33. The van der Waals surface area contributed by atoms with Crippen molar-refractivity contribution < 1.29 is 0 Å². The average molecular weight is 361 g/mol. The van der Waals surface area contributed by atoms with Crippen molar-refractivity contribution >= 4 is 32.3 Å². The van der Waals surface area contributed by atoms with Crippen molar-refractivity contribution in [2.24, 2.45) is 0 Å². The van der Waals surface area contributed by atoms with Crippen LogP contribution in [0.25, 0.3) is 43.4 Å². The van der Waals surface area contributed by atoms with Gasteiger partial charge in [-0.15, -0.1) is 0 Å². The molecule has 0 aliphatic carbocycles. The van der Waals surface area contributed by atoms with E-state index in [1.165, 1.54) is 55.4 Å². The Balaban J connectivity index is 1.75. The first-order chi connectivity index (χ1) is 13.8.